The molecule has 0 atom stereocenters. The van der Waals surface area contributed by atoms with Gasteiger partial charge in [-0.1, -0.05) is 37.3 Å². The molecule has 1 N–H and O–H groups in total. The molecule has 0 aliphatic heterocycles. The van der Waals surface area contributed by atoms with Crippen molar-refractivity contribution in [1.29, 1.82) is 0 Å². The van der Waals surface area contributed by atoms with E-state index in [9.17, 15) is 0 Å². The maximum absolute atomic E-state index is 8.91. The van der Waals surface area contributed by atoms with Crippen molar-refractivity contribution in [3.63, 3.8) is 0 Å². The third-order valence-electron chi connectivity index (χ3n) is 3.23. The Morgan fingerprint density at radius 1 is 1.25 bits per heavy atom. The molecule has 6 nitrogen and oxygen atoms in total. The number of tetrazole rings is 1. The third-order valence-corrected chi connectivity index (χ3v) is 3.23. The predicted octanol–water partition coefficient (Wildman–Crippen LogP) is 0.926. The standard InChI is InChI=1S/C14H21N5O/c1-2-18(9-6-10-20)12-14-15-16-17-19(14)11-13-7-4-3-5-8-13/h3-5,7-8,20H,2,6,9-12H2,1H3. The second-order valence-electron chi connectivity index (χ2n) is 4.68. The first-order valence-electron chi connectivity index (χ1n) is 6.95. The third kappa shape index (κ3) is 4.11. The number of benzene rings is 1. The minimum Gasteiger partial charge on any atom is -0.396 e. The van der Waals surface area contributed by atoms with Crippen molar-refractivity contribution in [2.45, 2.75) is 26.4 Å². The topological polar surface area (TPSA) is 67.1 Å². The molecule has 1 aromatic carbocycles. The van der Waals surface area contributed by atoms with Crippen molar-refractivity contribution in [3.8, 4) is 0 Å². The number of hydrogen-bond acceptors (Lipinski definition) is 5. The fraction of sp³-hybridized carbons (Fsp3) is 0.500. The molecule has 0 spiro atoms. The van der Waals surface area contributed by atoms with Crippen LogP contribution in [0.25, 0.3) is 0 Å². The Kier molecular flexibility index (Phi) is 5.64. The summed E-state index contributed by atoms with van der Waals surface area (Å²) in [7, 11) is 0. The lowest BCUT2D eigenvalue weighted by atomic mass is 10.2. The second kappa shape index (κ2) is 7.72. The zero-order valence-electron chi connectivity index (χ0n) is 11.8. The first-order valence-corrected chi connectivity index (χ1v) is 6.95. The molecule has 6 heteroatoms. The largest absolute Gasteiger partial charge is 0.396 e. The number of hydrogen-bond donors (Lipinski definition) is 1. The van der Waals surface area contributed by atoms with Gasteiger partial charge in [0.1, 0.15) is 0 Å². The minimum atomic E-state index is 0.214. The van der Waals surface area contributed by atoms with E-state index in [1.807, 2.05) is 22.9 Å². The zero-order valence-corrected chi connectivity index (χ0v) is 11.8. The Morgan fingerprint density at radius 2 is 2.05 bits per heavy atom. The molecule has 1 aromatic heterocycles. The van der Waals surface area contributed by atoms with Crippen LogP contribution < -0.4 is 0 Å². The number of aliphatic hydroxyl groups is 1. The van der Waals surface area contributed by atoms with Crippen LogP contribution >= 0.6 is 0 Å². The normalized spacial score (nSPS) is 11.2. The van der Waals surface area contributed by atoms with Crippen LogP contribution in [0.2, 0.25) is 0 Å². The predicted molar refractivity (Wildman–Crippen MR) is 76.0 cm³/mol. The van der Waals surface area contributed by atoms with Crippen molar-refractivity contribution >= 4 is 0 Å². The van der Waals surface area contributed by atoms with Crippen LogP contribution in [0.5, 0.6) is 0 Å². The van der Waals surface area contributed by atoms with Crippen LogP contribution in [-0.4, -0.2) is 49.9 Å². The summed E-state index contributed by atoms with van der Waals surface area (Å²) < 4.78 is 1.83. The number of aromatic nitrogens is 4. The van der Waals surface area contributed by atoms with E-state index in [0.717, 1.165) is 25.3 Å². The second-order valence-corrected chi connectivity index (χ2v) is 4.68. The van der Waals surface area contributed by atoms with Crippen LogP contribution in [0.15, 0.2) is 30.3 Å². The molecular formula is C14H21N5O. The summed E-state index contributed by atoms with van der Waals surface area (Å²) >= 11 is 0. The highest BCUT2D eigenvalue weighted by Gasteiger charge is 2.11. The van der Waals surface area contributed by atoms with E-state index >= 15 is 0 Å². The van der Waals surface area contributed by atoms with Gasteiger partial charge in [0.2, 0.25) is 0 Å². The molecule has 0 aliphatic rings. The monoisotopic (exact) mass is 275 g/mol. The van der Waals surface area contributed by atoms with E-state index in [2.05, 4.69) is 39.5 Å². The van der Waals surface area contributed by atoms with Gasteiger partial charge >= 0.3 is 0 Å². The summed E-state index contributed by atoms with van der Waals surface area (Å²) in [6.07, 6.45) is 0.772. The molecule has 108 valence electrons. The number of rotatable bonds is 8. The summed E-state index contributed by atoms with van der Waals surface area (Å²) in [5.41, 5.74) is 1.18. The molecule has 0 saturated carbocycles. The summed E-state index contributed by atoms with van der Waals surface area (Å²) in [5, 5.41) is 20.9. The molecule has 0 saturated heterocycles. The molecule has 0 amide bonds. The van der Waals surface area contributed by atoms with Gasteiger partial charge < -0.3 is 5.11 Å². The van der Waals surface area contributed by atoms with Gasteiger partial charge in [0.05, 0.1) is 13.1 Å². The first kappa shape index (κ1) is 14.6. The summed E-state index contributed by atoms with van der Waals surface area (Å²) in [6.45, 7) is 5.47. The average molecular weight is 275 g/mol. The van der Waals surface area contributed by atoms with Crippen LogP contribution in [0.4, 0.5) is 0 Å². The highest BCUT2D eigenvalue weighted by Crippen LogP contribution is 2.05. The molecule has 0 aliphatic carbocycles. The van der Waals surface area contributed by atoms with Gasteiger partial charge in [0, 0.05) is 13.2 Å². The Hall–Kier alpha value is -1.79. The molecule has 0 unspecified atom stereocenters. The van der Waals surface area contributed by atoms with E-state index in [4.69, 9.17) is 5.11 Å². The number of aliphatic hydroxyl groups excluding tert-OH is 1. The maximum atomic E-state index is 8.91. The van der Waals surface area contributed by atoms with Gasteiger partial charge in [-0.2, -0.15) is 0 Å². The van der Waals surface area contributed by atoms with E-state index in [-0.39, 0.29) is 6.61 Å². The van der Waals surface area contributed by atoms with Gasteiger partial charge in [-0.15, -0.1) is 5.10 Å². The van der Waals surface area contributed by atoms with Gasteiger partial charge in [-0.25, -0.2) is 4.68 Å². The maximum Gasteiger partial charge on any atom is 0.165 e. The molecular weight excluding hydrogens is 254 g/mol. The van der Waals surface area contributed by atoms with Gasteiger partial charge in [-0.05, 0) is 29.0 Å². The van der Waals surface area contributed by atoms with Crippen molar-refractivity contribution in [3.05, 3.63) is 41.7 Å². The van der Waals surface area contributed by atoms with Crippen LogP contribution in [0.1, 0.15) is 24.7 Å². The zero-order chi connectivity index (χ0) is 14.2. The van der Waals surface area contributed by atoms with Crippen molar-refractivity contribution < 1.29 is 5.11 Å². The highest BCUT2D eigenvalue weighted by molar-refractivity contribution is 5.14. The number of nitrogens with zero attached hydrogens (tertiary/aromatic N) is 5. The van der Waals surface area contributed by atoms with E-state index in [0.29, 0.717) is 13.1 Å². The van der Waals surface area contributed by atoms with E-state index in [1.54, 1.807) is 0 Å². The van der Waals surface area contributed by atoms with Crippen LogP contribution in [-0.2, 0) is 13.1 Å². The lowest BCUT2D eigenvalue weighted by molar-refractivity contribution is 0.220. The van der Waals surface area contributed by atoms with Gasteiger partial charge in [-0.3, -0.25) is 4.90 Å². The van der Waals surface area contributed by atoms with Gasteiger partial charge in [0.15, 0.2) is 5.82 Å². The molecule has 2 aromatic rings. The first-order chi connectivity index (χ1) is 9.83. The Morgan fingerprint density at radius 3 is 2.75 bits per heavy atom. The Balaban J connectivity index is 2.00. The molecule has 0 bridgehead atoms. The Bertz CT molecular complexity index is 499. The SMILES string of the molecule is CCN(CCCO)Cc1nnnn1Cc1ccccc1. The molecule has 1 heterocycles. The summed E-state index contributed by atoms with van der Waals surface area (Å²) in [5.74, 6) is 0.855. The molecule has 0 radical (unpaired) electrons. The van der Waals surface area contributed by atoms with Crippen molar-refractivity contribution in [1.82, 2.24) is 25.1 Å². The summed E-state index contributed by atoms with van der Waals surface area (Å²) in [6, 6.07) is 10.2. The minimum absolute atomic E-state index is 0.214. The fourth-order valence-corrected chi connectivity index (χ4v) is 2.06. The van der Waals surface area contributed by atoms with E-state index in [1.165, 1.54) is 5.56 Å². The Labute approximate surface area is 119 Å². The average Bonchev–Trinajstić information content (AvgIpc) is 2.91. The molecule has 20 heavy (non-hydrogen) atoms. The quantitative estimate of drug-likeness (QED) is 0.776. The molecule has 2 rings (SSSR count). The van der Waals surface area contributed by atoms with Crippen molar-refractivity contribution in [2.24, 2.45) is 0 Å². The van der Waals surface area contributed by atoms with Gasteiger partial charge in [0.25, 0.3) is 0 Å². The highest BCUT2D eigenvalue weighted by atomic mass is 16.3. The lowest BCUT2D eigenvalue weighted by Gasteiger charge is -2.19. The van der Waals surface area contributed by atoms with Crippen LogP contribution in [0.3, 0.4) is 0 Å². The van der Waals surface area contributed by atoms with Crippen molar-refractivity contribution in [2.75, 3.05) is 19.7 Å². The van der Waals surface area contributed by atoms with Crippen LogP contribution in [0, 0.1) is 0 Å². The molecule has 0 fully saturated rings. The summed E-state index contributed by atoms with van der Waals surface area (Å²) in [4.78, 5) is 2.23. The van der Waals surface area contributed by atoms with E-state index < -0.39 is 0 Å². The fourth-order valence-electron chi connectivity index (χ4n) is 2.06. The smallest absolute Gasteiger partial charge is 0.165 e. The lowest BCUT2D eigenvalue weighted by Crippen LogP contribution is -2.26.